The smallest absolute Gasteiger partial charge is 0.235 e. The van der Waals surface area contributed by atoms with Gasteiger partial charge in [0.05, 0.1) is 12.7 Å². The van der Waals surface area contributed by atoms with Crippen LogP contribution in [-0.2, 0) is 0 Å². The van der Waals surface area contributed by atoms with Crippen LogP contribution in [0.5, 0.6) is 5.75 Å². The molecule has 0 spiro atoms. The molecule has 2 heterocycles. The zero-order chi connectivity index (χ0) is 15.8. The first-order chi connectivity index (χ1) is 11.3. The number of nitrogens with zero attached hydrogens (tertiary/aromatic N) is 4. The van der Waals surface area contributed by atoms with Crippen molar-refractivity contribution in [2.24, 2.45) is 0 Å². The summed E-state index contributed by atoms with van der Waals surface area (Å²) in [6.07, 6.45) is 0. The van der Waals surface area contributed by atoms with Crippen molar-refractivity contribution >= 4 is 32.2 Å². The van der Waals surface area contributed by atoms with Gasteiger partial charge in [0.25, 0.3) is 0 Å². The molecule has 4 rings (SSSR count). The number of hydrogen-bond donors (Lipinski definition) is 0. The minimum absolute atomic E-state index is 0.713. The van der Waals surface area contributed by atoms with Crippen LogP contribution in [-0.4, -0.2) is 26.9 Å². The monoisotopic (exact) mass is 386 g/mol. The molecule has 0 N–H and O–H groups in total. The predicted octanol–water partition coefficient (Wildman–Crippen LogP) is 4.29. The highest BCUT2D eigenvalue weighted by Gasteiger charge is 2.17. The maximum atomic E-state index is 5.42. The molecule has 5 nitrogen and oxygen atoms in total. The number of benzene rings is 2. The zero-order valence-corrected chi connectivity index (χ0v) is 14.5. The Bertz CT molecular complexity index is 995. The topological polar surface area (TPSA) is 52.3 Å². The van der Waals surface area contributed by atoms with Gasteiger partial charge >= 0.3 is 0 Å². The van der Waals surface area contributed by atoms with Gasteiger partial charge in [0.1, 0.15) is 5.75 Å². The molecule has 114 valence electrons. The quantitative estimate of drug-likeness (QED) is 0.526. The van der Waals surface area contributed by atoms with Gasteiger partial charge in [-0.3, -0.25) is 0 Å². The van der Waals surface area contributed by atoms with E-state index in [1.54, 1.807) is 11.6 Å². The highest BCUT2D eigenvalue weighted by molar-refractivity contribution is 9.10. The molecule has 0 aliphatic heterocycles. The summed E-state index contributed by atoms with van der Waals surface area (Å²) >= 11 is 5.04. The van der Waals surface area contributed by atoms with Crippen molar-refractivity contribution in [2.75, 3.05) is 7.11 Å². The summed E-state index contributed by atoms with van der Waals surface area (Å²) in [5.41, 5.74) is 1.90. The second kappa shape index (κ2) is 5.75. The number of aromatic nitrogens is 4. The molecule has 2 aromatic carbocycles. The fourth-order valence-electron chi connectivity index (χ4n) is 2.36. The second-order valence-electron chi connectivity index (χ2n) is 4.81. The van der Waals surface area contributed by atoms with Crippen LogP contribution in [0.4, 0.5) is 0 Å². The van der Waals surface area contributed by atoms with Crippen molar-refractivity contribution in [1.29, 1.82) is 0 Å². The number of hydrogen-bond acceptors (Lipinski definition) is 5. The Morgan fingerprint density at radius 3 is 2.52 bits per heavy atom. The molecular weight excluding hydrogens is 376 g/mol. The number of para-hydroxylation sites is 1. The van der Waals surface area contributed by atoms with Gasteiger partial charge in [0.2, 0.25) is 4.96 Å². The van der Waals surface area contributed by atoms with Gasteiger partial charge in [-0.1, -0.05) is 51.5 Å². The molecule has 0 fully saturated rings. The van der Waals surface area contributed by atoms with Crippen molar-refractivity contribution < 1.29 is 4.74 Å². The SMILES string of the molecule is COc1ccccc1-c1nn2c(-c3ccccc3Br)nnc2s1. The lowest BCUT2D eigenvalue weighted by Gasteiger charge is -2.04. The van der Waals surface area contributed by atoms with Crippen LogP contribution in [0.1, 0.15) is 0 Å². The molecule has 0 atom stereocenters. The summed E-state index contributed by atoms with van der Waals surface area (Å²) in [5.74, 6) is 1.50. The van der Waals surface area contributed by atoms with Crippen LogP contribution in [0.3, 0.4) is 0 Å². The van der Waals surface area contributed by atoms with Crippen LogP contribution in [0.15, 0.2) is 53.0 Å². The van der Waals surface area contributed by atoms with E-state index < -0.39 is 0 Å². The minimum atomic E-state index is 0.713. The third-order valence-electron chi connectivity index (χ3n) is 3.44. The highest BCUT2D eigenvalue weighted by Crippen LogP contribution is 2.34. The standard InChI is InChI=1S/C16H11BrN4OS/c1-22-13-9-5-3-7-11(13)15-20-21-14(18-19-16(21)23-15)10-6-2-4-8-12(10)17/h2-9H,1H3. The van der Waals surface area contributed by atoms with E-state index in [2.05, 4.69) is 31.2 Å². The van der Waals surface area contributed by atoms with E-state index in [-0.39, 0.29) is 0 Å². The Kier molecular flexibility index (Phi) is 3.59. The van der Waals surface area contributed by atoms with Crippen LogP contribution in [0.2, 0.25) is 0 Å². The molecule has 7 heteroatoms. The summed E-state index contributed by atoms with van der Waals surface area (Å²) in [6.45, 7) is 0. The Morgan fingerprint density at radius 2 is 1.74 bits per heavy atom. The number of rotatable bonds is 3. The fourth-order valence-corrected chi connectivity index (χ4v) is 3.69. The van der Waals surface area contributed by atoms with E-state index in [9.17, 15) is 0 Å². The van der Waals surface area contributed by atoms with E-state index in [0.29, 0.717) is 5.82 Å². The van der Waals surface area contributed by atoms with Crippen LogP contribution < -0.4 is 4.74 Å². The molecule has 0 radical (unpaired) electrons. The molecule has 2 aromatic heterocycles. The van der Waals surface area contributed by atoms with Crippen molar-refractivity contribution in [3.05, 3.63) is 53.0 Å². The van der Waals surface area contributed by atoms with Gasteiger partial charge in [0.15, 0.2) is 10.8 Å². The lowest BCUT2D eigenvalue weighted by atomic mass is 10.2. The molecular formula is C16H11BrN4OS. The minimum Gasteiger partial charge on any atom is -0.496 e. The number of fused-ring (bicyclic) bond motifs is 1. The van der Waals surface area contributed by atoms with Gasteiger partial charge < -0.3 is 4.74 Å². The van der Waals surface area contributed by atoms with Crippen LogP contribution in [0.25, 0.3) is 26.9 Å². The molecule has 0 bridgehead atoms. The highest BCUT2D eigenvalue weighted by atomic mass is 79.9. The van der Waals surface area contributed by atoms with E-state index in [4.69, 9.17) is 4.74 Å². The van der Waals surface area contributed by atoms with Crippen molar-refractivity contribution in [1.82, 2.24) is 19.8 Å². The van der Waals surface area contributed by atoms with Crippen molar-refractivity contribution in [2.45, 2.75) is 0 Å². The first-order valence-electron chi connectivity index (χ1n) is 6.88. The van der Waals surface area contributed by atoms with E-state index >= 15 is 0 Å². The molecule has 0 amide bonds. The number of halogens is 1. The lowest BCUT2D eigenvalue weighted by molar-refractivity contribution is 0.416. The van der Waals surface area contributed by atoms with Crippen molar-refractivity contribution in [3.8, 4) is 27.7 Å². The van der Waals surface area contributed by atoms with Gasteiger partial charge in [-0.15, -0.1) is 10.2 Å². The summed E-state index contributed by atoms with van der Waals surface area (Å²) in [6, 6.07) is 15.7. The van der Waals surface area contributed by atoms with Gasteiger partial charge in [-0.25, -0.2) is 0 Å². The van der Waals surface area contributed by atoms with Crippen molar-refractivity contribution in [3.63, 3.8) is 0 Å². The first kappa shape index (κ1) is 14.3. The number of ether oxygens (including phenoxy) is 1. The molecule has 23 heavy (non-hydrogen) atoms. The predicted molar refractivity (Wildman–Crippen MR) is 93.8 cm³/mol. The summed E-state index contributed by atoms with van der Waals surface area (Å²) in [7, 11) is 1.66. The third-order valence-corrected chi connectivity index (χ3v) is 5.07. The average Bonchev–Trinajstić information content (AvgIpc) is 3.16. The Morgan fingerprint density at radius 1 is 1.00 bits per heavy atom. The van der Waals surface area contributed by atoms with E-state index in [1.807, 2.05) is 48.5 Å². The molecule has 0 aliphatic carbocycles. The summed E-state index contributed by atoms with van der Waals surface area (Å²) in [4.78, 5) is 0.747. The molecule has 0 saturated carbocycles. The Labute approximate surface area is 144 Å². The van der Waals surface area contributed by atoms with Crippen LogP contribution in [0, 0.1) is 0 Å². The zero-order valence-electron chi connectivity index (χ0n) is 12.1. The van der Waals surface area contributed by atoms with Gasteiger partial charge in [-0.05, 0) is 24.3 Å². The molecule has 0 unspecified atom stereocenters. The summed E-state index contributed by atoms with van der Waals surface area (Å²) in [5, 5.41) is 14.0. The lowest BCUT2D eigenvalue weighted by Crippen LogP contribution is -1.92. The van der Waals surface area contributed by atoms with Gasteiger partial charge in [0, 0.05) is 10.0 Å². The largest absolute Gasteiger partial charge is 0.496 e. The number of methoxy groups -OCH3 is 1. The average molecular weight is 387 g/mol. The summed E-state index contributed by atoms with van der Waals surface area (Å²) < 4.78 is 8.15. The fraction of sp³-hybridized carbons (Fsp3) is 0.0625. The molecule has 0 aliphatic rings. The Balaban J connectivity index is 1.89. The first-order valence-corrected chi connectivity index (χ1v) is 8.49. The normalized spacial score (nSPS) is 11.0. The Hall–Kier alpha value is -2.25. The van der Waals surface area contributed by atoms with Crippen LogP contribution >= 0.6 is 27.3 Å². The maximum absolute atomic E-state index is 5.42. The third kappa shape index (κ3) is 2.42. The van der Waals surface area contributed by atoms with E-state index in [1.165, 1.54) is 11.3 Å². The second-order valence-corrected chi connectivity index (χ2v) is 6.62. The maximum Gasteiger partial charge on any atom is 0.235 e. The molecule has 0 saturated heterocycles. The molecule has 4 aromatic rings. The van der Waals surface area contributed by atoms with Gasteiger partial charge in [-0.2, -0.15) is 9.61 Å². The van der Waals surface area contributed by atoms with E-state index in [0.717, 1.165) is 31.3 Å².